The molecule has 0 saturated carbocycles. The Hall–Kier alpha value is -3.61. The zero-order chi connectivity index (χ0) is 24.5. The van der Waals surface area contributed by atoms with Gasteiger partial charge >= 0.3 is 0 Å². The van der Waals surface area contributed by atoms with Crippen LogP contribution in [0.25, 0.3) is 10.9 Å². The van der Waals surface area contributed by atoms with Crippen LogP contribution in [0.4, 0.5) is 0 Å². The molecule has 3 N–H and O–H groups in total. The van der Waals surface area contributed by atoms with Crippen molar-refractivity contribution in [2.45, 2.75) is 44.4 Å². The van der Waals surface area contributed by atoms with Crippen molar-refractivity contribution in [1.82, 2.24) is 20.5 Å². The van der Waals surface area contributed by atoms with Crippen molar-refractivity contribution in [1.29, 1.82) is 0 Å². The van der Waals surface area contributed by atoms with Gasteiger partial charge in [-0.15, -0.1) is 0 Å². The molecule has 2 heterocycles. The van der Waals surface area contributed by atoms with E-state index in [1.807, 2.05) is 48.7 Å². The molecule has 2 aromatic carbocycles. The van der Waals surface area contributed by atoms with E-state index in [-0.39, 0.29) is 30.2 Å². The zero-order valence-corrected chi connectivity index (χ0v) is 20.1. The number of rotatable bonds is 4. The highest BCUT2D eigenvalue weighted by Gasteiger charge is 2.19. The van der Waals surface area contributed by atoms with E-state index in [9.17, 15) is 14.4 Å². The van der Waals surface area contributed by atoms with Gasteiger partial charge in [-0.1, -0.05) is 48.5 Å². The number of aryl methyl sites for hydroxylation is 1. The lowest BCUT2D eigenvalue weighted by Crippen LogP contribution is -2.42. The fraction of sp³-hybridized carbons (Fsp3) is 0.393. The Bertz CT molecular complexity index is 1140. The number of aromatic amines is 1. The number of H-pyrrole nitrogens is 1. The van der Waals surface area contributed by atoms with Crippen LogP contribution in [-0.2, 0) is 20.8 Å². The maximum Gasteiger partial charge on any atom is 0.239 e. The second kappa shape index (κ2) is 12.2. The SMILES string of the molecule is O=C1CCC(c2ccccc2)CCNC(=O)CN(C(=O)CCc2c[nH]c3ccccc23)CCCN1. The van der Waals surface area contributed by atoms with Crippen molar-refractivity contribution in [2.24, 2.45) is 0 Å². The molecule has 1 aliphatic rings. The lowest BCUT2D eigenvalue weighted by Gasteiger charge is -2.24. The van der Waals surface area contributed by atoms with Gasteiger partial charge in [-0.25, -0.2) is 0 Å². The summed E-state index contributed by atoms with van der Waals surface area (Å²) in [5.74, 6) is 0.0349. The summed E-state index contributed by atoms with van der Waals surface area (Å²) >= 11 is 0. The summed E-state index contributed by atoms with van der Waals surface area (Å²) < 4.78 is 0. The van der Waals surface area contributed by atoms with Gasteiger partial charge in [0.15, 0.2) is 0 Å². The molecule has 1 unspecified atom stereocenters. The fourth-order valence-corrected chi connectivity index (χ4v) is 4.74. The minimum absolute atomic E-state index is 0.0317. The van der Waals surface area contributed by atoms with E-state index in [1.165, 1.54) is 5.56 Å². The number of hydrogen-bond donors (Lipinski definition) is 3. The lowest BCUT2D eigenvalue weighted by atomic mass is 9.91. The number of hydrogen-bond acceptors (Lipinski definition) is 3. The molecule has 1 saturated heterocycles. The van der Waals surface area contributed by atoms with Gasteiger partial charge in [0.05, 0.1) is 6.54 Å². The third kappa shape index (κ3) is 6.94. The third-order valence-electron chi connectivity index (χ3n) is 6.70. The maximum absolute atomic E-state index is 13.1. The van der Waals surface area contributed by atoms with Crippen LogP contribution in [0.15, 0.2) is 60.8 Å². The van der Waals surface area contributed by atoms with Crippen molar-refractivity contribution in [2.75, 3.05) is 26.2 Å². The van der Waals surface area contributed by atoms with E-state index in [0.717, 1.165) is 29.3 Å². The number of nitrogens with one attached hydrogen (secondary N) is 3. The summed E-state index contributed by atoms with van der Waals surface area (Å²) in [6.45, 7) is 1.48. The van der Waals surface area contributed by atoms with Gasteiger partial charge in [0, 0.05) is 49.6 Å². The number of para-hydroxylation sites is 1. The molecule has 1 atom stereocenters. The van der Waals surface area contributed by atoms with Gasteiger partial charge in [-0.05, 0) is 48.8 Å². The van der Waals surface area contributed by atoms with Gasteiger partial charge in [-0.3, -0.25) is 14.4 Å². The summed E-state index contributed by atoms with van der Waals surface area (Å²) in [6, 6.07) is 18.2. The molecular formula is C28H34N4O3. The molecule has 0 spiro atoms. The fourth-order valence-electron chi connectivity index (χ4n) is 4.74. The van der Waals surface area contributed by atoms with Crippen LogP contribution in [0.1, 0.15) is 49.1 Å². The van der Waals surface area contributed by atoms with Crippen LogP contribution in [0.2, 0.25) is 0 Å². The van der Waals surface area contributed by atoms with Crippen molar-refractivity contribution < 1.29 is 14.4 Å². The highest BCUT2D eigenvalue weighted by Crippen LogP contribution is 2.24. The lowest BCUT2D eigenvalue weighted by molar-refractivity contribution is -0.136. The molecular weight excluding hydrogens is 440 g/mol. The maximum atomic E-state index is 13.1. The third-order valence-corrected chi connectivity index (χ3v) is 6.70. The summed E-state index contributed by atoms with van der Waals surface area (Å²) in [4.78, 5) is 43.0. The summed E-state index contributed by atoms with van der Waals surface area (Å²) in [5, 5.41) is 7.08. The molecule has 0 bridgehead atoms. The highest BCUT2D eigenvalue weighted by atomic mass is 16.2. The molecule has 7 nitrogen and oxygen atoms in total. The summed E-state index contributed by atoms with van der Waals surface area (Å²) in [5.41, 5.74) is 3.33. The molecule has 1 fully saturated rings. The monoisotopic (exact) mass is 474 g/mol. The van der Waals surface area contributed by atoms with E-state index in [1.54, 1.807) is 4.90 Å². The number of amides is 3. The smallest absolute Gasteiger partial charge is 0.239 e. The van der Waals surface area contributed by atoms with Crippen LogP contribution in [-0.4, -0.2) is 53.8 Å². The largest absolute Gasteiger partial charge is 0.361 e. The van der Waals surface area contributed by atoms with Gasteiger partial charge in [0.2, 0.25) is 17.7 Å². The molecule has 184 valence electrons. The summed E-state index contributed by atoms with van der Waals surface area (Å²) in [6.07, 6.45) is 5.43. The van der Waals surface area contributed by atoms with Crippen LogP contribution < -0.4 is 10.6 Å². The standard InChI is InChI=1S/C28H34N4O3/c33-26-13-11-22(21-7-2-1-3-8-21)15-17-30-27(34)20-32(18-6-16-29-26)28(35)14-12-23-19-31-25-10-5-4-9-24(23)25/h1-5,7-10,19,22,31H,6,11-18,20H2,(H,29,33)(H,30,34). The molecule has 1 aromatic heterocycles. The molecule has 7 heteroatoms. The van der Waals surface area contributed by atoms with Crippen LogP contribution in [0.5, 0.6) is 0 Å². The van der Waals surface area contributed by atoms with Crippen molar-refractivity contribution in [3.05, 3.63) is 71.9 Å². The second-order valence-corrected chi connectivity index (χ2v) is 9.16. The Balaban J connectivity index is 1.37. The first-order chi connectivity index (χ1) is 17.1. The predicted octanol–water partition coefficient (Wildman–Crippen LogP) is 3.52. The Morgan fingerprint density at radius 3 is 2.54 bits per heavy atom. The van der Waals surface area contributed by atoms with Crippen LogP contribution in [0, 0.1) is 0 Å². The Morgan fingerprint density at radius 2 is 1.69 bits per heavy atom. The Labute approximate surface area is 206 Å². The average molecular weight is 475 g/mol. The summed E-state index contributed by atoms with van der Waals surface area (Å²) in [7, 11) is 0. The van der Waals surface area contributed by atoms with Gasteiger partial charge in [0.1, 0.15) is 0 Å². The Morgan fingerprint density at radius 1 is 0.914 bits per heavy atom. The number of carbonyl (C=O) groups excluding carboxylic acids is 3. The highest BCUT2D eigenvalue weighted by molar-refractivity contribution is 5.86. The molecule has 35 heavy (non-hydrogen) atoms. The van der Waals surface area contributed by atoms with Gasteiger partial charge in [-0.2, -0.15) is 0 Å². The molecule has 0 radical (unpaired) electrons. The molecule has 3 aromatic rings. The molecule has 0 aliphatic carbocycles. The van der Waals surface area contributed by atoms with E-state index in [0.29, 0.717) is 45.3 Å². The normalized spacial score (nSPS) is 18.5. The average Bonchev–Trinajstić information content (AvgIpc) is 3.29. The van der Waals surface area contributed by atoms with E-state index in [2.05, 4.69) is 27.8 Å². The topological polar surface area (TPSA) is 94.3 Å². The molecule has 3 amide bonds. The molecule has 1 aliphatic heterocycles. The van der Waals surface area contributed by atoms with E-state index < -0.39 is 0 Å². The Kier molecular flexibility index (Phi) is 8.54. The first kappa shape index (κ1) is 24.5. The van der Waals surface area contributed by atoms with Crippen LogP contribution >= 0.6 is 0 Å². The zero-order valence-electron chi connectivity index (χ0n) is 20.1. The van der Waals surface area contributed by atoms with Crippen molar-refractivity contribution in [3.8, 4) is 0 Å². The van der Waals surface area contributed by atoms with Crippen LogP contribution in [0.3, 0.4) is 0 Å². The number of benzene rings is 2. The number of fused-ring (bicyclic) bond motifs is 1. The minimum atomic E-state index is -0.140. The predicted molar refractivity (Wildman–Crippen MR) is 137 cm³/mol. The molecule has 4 rings (SSSR count). The number of aromatic nitrogens is 1. The van der Waals surface area contributed by atoms with Gasteiger partial charge in [0.25, 0.3) is 0 Å². The number of nitrogens with zero attached hydrogens (tertiary/aromatic N) is 1. The minimum Gasteiger partial charge on any atom is -0.361 e. The number of carbonyl (C=O) groups is 3. The first-order valence-corrected chi connectivity index (χ1v) is 12.5. The van der Waals surface area contributed by atoms with E-state index in [4.69, 9.17) is 0 Å². The second-order valence-electron chi connectivity index (χ2n) is 9.16. The quantitative estimate of drug-likeness (QED) is 0.540. The van der Waals surface area contributed by atoms with Gasteiger partial charge < -0.3 is 20.5 Å². The van der Waals surface area contributed by atoms with Crippen molar-refractivity contribution in [3.63, 3.8) is 0 Å². The van der Waals surface area contributed by atoms with Crippen molar-refractivity contribution >= 4 is 28.6 Å². The first-order valence-electron chi connectivity index (χ1n) is 12.5. The van der Waals surface area contributed by atoms with E-state index >= 15 is 0 Å².